The lowest BCUT2D eigenvalue weighted by Gasteiger charge is -2.09. The van der Waals surface area contributed by atoms with Crippen LogP contribution in [0.2, 0.25) is 0 Å². The molecule has 0 bridgehead atoms. The quantitative estimate of drug-likeness (QED) is 0.337. The molecule has 0 amide bonds. The van der Waals surface area contributed by atoms with Gasteiger partial charge in [0.05, 0.1) is 5.71 Å². The molecule has 0 radical (unpaired) electrons. The van der Waals surface area contributed by atoms with E-state index >= 15 is 0 Å². The van der Waals surface area contributed by atoms with Crippen molar-refractivity contribution in [1.29, 1.82) is 0 Å². The zero-order valence-corrected chi connectivity index (χ0v) is 11.8. The summed E-state index contributed by atoms with van der Waals surface area (Å²) in [7, 11) is 0. The Morgan fingerprint density at radius 3 is 2.50 bits per heavy atom. The van der Waals surface area contributed by atoms with E-state index in [0.717, 1.165) is 23.5 Å². The summed E-state index contributed by atoms with van der Waals surface area (Å²) in [5.74, 6) is 0.548. The van der Waals surface area contributed by atoms with Gasteiger partial charge in [0.1, 0.15) is 0 Å². The van der Waals surface area contributed by atoms with Gasteiger partial charge in [-0.25, -0.2) is 0 Å². The standard InChI is InChI=1S/C13H20N4S/c1-9(2)8-15-13(18)17-16-10(3)11-4-6-12(14)7-5-11/h4-7,9H,8,14H2,1-3H3,(H2,15,17,18)/b16-10+. The molecular formula is C13H20N4S. The van der Waals surface area contributed by atoms with Crippen LogP contribution in [0.15, 0.2) is 29.4 Å². The predicted molar refractivity (Wildman–Crippen MR) is 81.6 cm³/mol. The predicted octanol–water partition coefficient (Wildman–Crippen LogP) is 2.11. The fourth-order valence-corrected chi connectivity index (χ4v) is 1.39. The molecule has 0 aliphatic carbocycles. The number of nitrogens with one attached hydrogen (secondary N) is 2. The van der Waals surface area contributed by atoms with Gasteiger partial charge in [0.2, 0.25) is 0 Å². The lowest BCUT2D eigenvalue weighted by atomic mass is 10.1. The molecule has 0 spiro atoms. The first-order chi connectivity index (χ1) is 8.49. The van der Waals surface area contributed by atoms with Gasteiger partial charge in [-0.1, -0.05) is 26.0 Å². The second-order valence-corrected chi connectivity index (χ2v) is 4.94. The lowest BCUT2D eigenvalue weighted by Crippen LogP contribution is -2.34. The van der Waals surface area contributed by atoms with E-state index in [-0.39, 0.29) is 0 Å². The SMILES string of the molecule is C/C(=N\NC(=S)NCC(C)C)c1ccc(N)cc1. The van der Waals surface area contributed by atoms with Gasteiger partial charge in [-0.15, -0.1) is 0 Å². The van der Waals surface area contributed by atoms with Gasteiger partial charge in [-0.05, 0) is 42.8 Å². The minimum Gasteiger partial charge on any atom is -0.399 e. The van der Waals surface area contributed by atoms with E-state index in [4.69, 9.17) is 18.0 Å². The van der Waals surface area contributed by atoms with Gasteiger partial charge < -0.3 is 11.1 Å². The summed E-state index contributed by atoms with van der Waals surface area (Å²) in [5.41, 5.74) is 11.1. The first kappa shape index (κ1) is 14.4. The Bertz CT molecular complexity index is 423. The van der Waals surface area contributed by atoms with Crippen molar-refractivity contribution >= 4 is 28.7 Å². The molecule has 98 valence electrons. The molecule has 1 rings (SSSR count). The molecule has 0 heterocycles. The first-order valence-electron chi connectivity index (χ1n) is 5.93. The minimum atomic E-state index is 0.540. The van der Waals surface area contributed by atoms with E-state index in [1.54, 1.807) is 0 Å². The van der Waals surface area contributed by atoms with Gasteiger partial charge in [-0.2, -0.15) is 5.10 Å². The zero-order valence-electron chi connectivity index (χ0n) is 11.0. The first-order valence-corrected chi connectivity index (χ1v) is 6.34. The fraction of sp³-hybridized carbons (Fsp3) is 0.385. The summed E-state index contributed by atoms with van der Waals surface area (Å²) < 4.78 is 0. The maximum absolute atomic E-state index is 5.63. The molecule has 1 aromatic rings. The molecular weight excluding hydrogens is 244 g/mol. The Labute approximate surface area is 114 Å². The molecule has 0 saturated heterocycles. The molecule has 0 saturated carbocycles. The summed E-state index contributed by atoms with van der Waals surface area (Å²) in [6.07, 6.45) is 0. The lowest BCUT2D eigenvalue weighted by molar-refractivity contribution is 0.621. The van der Waals surface area contributed by atoms with Crippen molar-refractivity contribution < 1.29 is 0 Å². The molecule has 4 nitrogen and oxygen atoms in total. The topological polar surface area (TPSA) is 62.4 Å². The van der Waals surface area contributed by atoms with Crippen LogP contribution in [0.4, 0.5) is 5.69 Å². The average molecular weight is 264 g/mol. The number of anilines is 1. The number of benzene rings is 1. The molecule has 0 atom stereocenters. The Morgan fingerprint density at radius 2 is 1.94 bits per heavy atom. The van der Waals surface area contributed by atoms with Crippen LogP contribution in [-0.4, -0.2) is 17.4 Å². The van der Waals surface area contributed by atoms with Crippen LogP contribution in [-0.2, 0) is 0 Å². The number of hydrogen-bond acceptors (Lipinski definition) is 3. The van der Waals surface area contributed by atoms with Crippen LogP contribution in [0, 0.1) is 5.92 Å². The highest BCUT2D eigenvalue weighted by molar-refractivity contribution is 7.80. The molecule has 0 aromatic heterocycles. The Balaban J connectivity index is 2.51. The monoisotopic (exact) mass is 264 g/mol. The van der Waals surface area contributed by atoms with Crippen LogP contribution in [0.3, 0.4) is 0 Å². The van der Waals surface area contributed by atoms with E-state index in [0.29, 0.717) is 11.0 Å². The number of rotatable bonds is 4. The molecule has 0 unspecified atom stereocenters. The summed E-state index contributed by atoms with van der Waals surface area (Å²) in [5, 5.41) is 7.86. The van der Waals surface area contributed by atoms with Gasteiger partial charge >= 0.3 is 0 Å². The van der Waals surface area contributed by atoms with Crippen molar-refractivity contribution in [3.63, 3.8) is 0 Å². The van der Waals surface area contributed by atoms with Crippen molar-refractivity contribution in [2.24, 2.45) is 11.0 Å². The summed E-state index contributed by atoms with van der Waals surface area (Å²) in [4.78, 5) is 0. The summed E-state index contributed by atoms with van der Waals surface area (Å²) in [6, 6.07) is 7.56. The Morgan fingerprint density at radius 1 is 1.33 bits per heavy atom. The molecule has 5 heteroatoms. The number of nitrogen functional groups attached to an aromatic ring is 1. The van der Waals surface area contributed by atoms with Crippen molar-refractivity contribution in [2.75, 3.05) is 12.3 Å². The van der Waals surface area contributed by atoms with E-state index in [9.17, 15) is 0 Å². The molecule has 1 aromatic carbocycles. The Hall–Kier alpha value is -1.62. The molecule has 18 heavy (non-hydrogen) atoms. The van der Waals surface area contributed by atoms with Crippen molar-refractivity contribution in [3.05, 3.63) is 29.8 Å². The van der Waals surface area contributed by atoms with Crippen LogP contribution in [0.25, 0.3) is 0 Å². The number of hydrogen-bond donors (Lipinski definition) is 3. The minimum absolute atomic E-state index is 0.540. The molecule has 0 fully saturated rings. The van der Waals surface area contributed by atoms with Crippen LogP contribution in [0.5, 0.6) is 0 Å². The highest BCUT2D eigenvalue weighted by atomic mass is 32.1. The second-order valence-electron chi connectivity index (χ2n) is 4.53. The second kappa shape index (κ2) is 6.96. The van der Waals surface area contributed by atoms with Crippen molar-refractivity contribution in [2.45, 2.75) is 20.8 Å². The van der Waals surface area contributed by atoms with E-state index in [1.165, 1.54) is 0 Å². The van der Waals surface area contributed by atoms with E-state index in [2.05, 4.69) is 29.7 Å². The van der Waals surface area contributed by atoms with Gasteiger partial charge in [0.15, 0.2) is 5.11 Å². The molecule has 4 N–H and O–H groups in total. The summed E-state index contributed by atoms with van der Waals surface area (Å²) >= 11 is 5.11. The molecule has 0 aliphatic heterocycles. The zero-order chi connectivity index (χ0) is 13.5. The van der Waals surface area contributed by atoms with Gasteiger partial charge in [-0.3, -0.25) is 5.43 Å². The highest BCUT2D eigenvalue weighted by Crippen LogP contribution is 2.06. The number of thiocarbonyl (C=S) groups is 1. The van der Waals surface area contributed by atoms with Crippen LogP contribution >= 0.6 is 12.2 Å². The number of hydrazone groups is 1. The third-order valence-electron chi connectivity index (χ3n) is 2.32. The smallest absolute Gasteiger partial charge is 0.186 e. The fourth-order valence-electron chi connectivity index (χ4n) is 1.26. The van der Waals surface area contributed by atoms with E-state index in [1.807, 2.05) is 31.2 Å². The third-order valence-corrected chi connectivity index (χ3v) is 2.56. The Kier molecular flexibility index (Phi) is 5.58. The van der Waals surface area contributed by atoms with Crippen LogP contribution < -0.4 is 16.5 Å². The van der Waals surface area contributed by atoms with E-state index < -0.39 is 0 Å². The van der Waals surface area contributed by atoms with Crippen molar-refractivity contribution in [1.82, 2.24) is 10.7 Å². The van der Waals surface area contributed by atoms with Crippen molar-refractivity contribution in [3.8, 4) is 0 Å². The van der Waals surface area contributed by atoms with Gasteiger partial charge in [0, 0.05) is 12.2 Å². The highest BCUT2D eigenvalue weighted by Gasteiger charge is 1.99. The normalized spacial score (nSPS) is 11.4. The largest absolute Gasteiger partial charge is 0.399 e. The number of nitrogens with two attached hydrogens (primary N) is 1. The molecule has 0 aliphatic rings. The summed E-state index contributed by atoms with van der Waals surface area (Å²) in [6.45, 7) is 7.00. The third kappa shape index (κ3) is 5.14. The maximum atomic E-state index is 5.63. The maximum Gasteiger partial charge on any atom is 0.186 e. The number of nitrogens with zero attached hydrogens (tertiary/aromatic N) is 1. The average Bonchev–Trinajstić information content (AvgIpc) is 2.34. The van der Waals surface area contributed by atoms with Crippen LogP contribution in [0.1, 0.15) is 26.3 Å². The van der Waals surface area contributed by atoms with Gasteiger partial charge in [0.25, 0.3) is 0 Å².